The van der Waals surface area contributed by atoms with Crippen molar-refractivity contribution in [2.24, 2.45) is 0 Å². The van der Waals surface area contributed by atoms with Crippen molar-refractivity contribution in [2.45, 2.75) is 6.42 Å². The molecule has 1 N–H and O–H groups in total. The summed E-state index contributed by atoms with van der Waals surface area (Å²) < 4.78 is 0. The SMILES string of the molecule is O=C(O)c1ccc(CC(=O)c2ccccn2)cc1. The molecule has 0 aliphatic heterocycles. The zero-order chi connectivity index (χ0) is 13.0. The number of aromatic nitrogens is 1. The van der Waals surface area contributed by atoms with E-state index in [0.717, 1.165) is 5.56 Å². The summed E-state index contributed by atoms with van der Waals surface area (Å²) >= 11 is 0. The van der Waals surface area contributed by atoms with Crippen LogP contribution in [-0.2, 0) is 6.42 Å². The van der Waals surface area contributed by atoms with Crippen molar-refractivity contribution in [1.29, 1.82) is 0 Å². The van der Waals surface area contributed by atoms with Gasteiger partial charge >= 0.3 is 5.97 Å². The van der Waals surface area contributed by atoms with Crippen LogP contribution in [-0.4, -0.2) is 21.8 Å². The fraction of sp³-hybridized carbons (Fsp3) is 0.0714. The minimum atomic E-state index is -0.974. The summed E-state index contributed by atoms with van der Waals surface area (Å²) in [5, 5.41) is 8.76. The summed E-state index contributed by atoms with van der Waals surface area (Å²) in [4.78, 5) is 26.5. The molecule has 1 aromatic carbocycles. The van der Waals surface area contributed by atoms with E-state index in [0.29, 0.717) is 5.69 Å². The Labute approximate surface area is 104 Å². The number of carbonyl (C=O) groups excluding carboxylic acids is 1. The first-order valence-electron chi connectivity index (χ1n) is 5.43. The molecule has 1 heterocycles. The number of rotatable bonds is 4. The summed E-state index contributed by atoms with van der Waals surface area (Å²) in [6, 6.07) is 11.4. The van der Waals surface area contributed by atoms with Crippen LogP contribution >= 0.6 is 0 Å². The van der Waals surface area contributed by atoms with E-state index >= 15 is 0 Å². The molecular weight excluding hydrogens is 230 g/mol. The lowest BCUT2D eigenvalue weighted by Crippen LogP contribution is -2.06. The van der Waals surface area contributed by atoms with Gasteiger partial charge in [-0.1, -0.05) is 18.2 Å². The van der Waals surface area contributed by atoms with Gasteiger partial charge in [0, 0.05) is 12.6 Å². The van der Waals surface area contributed by atoms with Gasteiger partial charge in [0.2, 0.25) is 0 Å². The van der Waals surface area contributed by atoms with E-state index in [1.54, 1.807) is 36.5 Å². The molecule has 0 fully saturated rings. The predicted molar refractivity (Wildman–Crippen MR) is 65.7 cm³/mol. The first kappa shape index (κ1) is 12.0. The third-order valence-corrected chi connectivity index (χ3v) is 2.52. The zero-order valence-electron chi connectivity index (χ0n) is 9.54. The summed E-state index contributed by atoms with van der Waals surface area (Å²) in [7, 11) is 0. The molecule has 0 amide bonds. The molecule has 2 aromatic rings. The third-order valence-electron chi connectivity index (χ3n) is 2.52. The molecule has 0 aliphatic carbocycles. The molecule has 0 atom stereocenters. The first-order valence-corrected chi connectivity index (χ1v) is 5.43. The molecule has 0 saturated heterocycles. The Morgan fingerprint density at radius 1 is 1.06 bits per heavy atom. The van der Waals surface area contributed by atoms with Crippen molar-refractivity contribution in [3.63, 3.8) is 0 Å². The van der Waals surface area contributed by atoms with E-state index in [1.807, 2.05) is 0 Å². The van der Waals surface area contributed by atoms with Crippen LogP contribution in [0.2, 0.25) is 0 Å². The highest BCUT2D eigenvalue weighted by Gasteiger charge is 2.08. The van der Waals surface area contributed by atoms with Gasteiger partial charge in [0.25, 0.3) is 0 Å². The van der Waals surface area contributed by atoms with E-state index in [-0.39, 0.29) is 17.8 Å². The molecule has 0 aliphatic rings. The fourth-order valence-electron chi connectivity index (χ4n) is 1.57. The average Bonchev–Trinajstić information content (AvgIpc) is 2.40. The van der Waals surface area contributed by atoms with Crippen LogP contribution < -0.4 is 0 Å². The Kier molecular flexibility index (Phi) is 3.48. The van der Waals surface area contributed by atoms with Crippen LogP contribution in [0.1, 0.15) is 26.4 Å². The largest absolute Gasteiger partial charge is 0.478 e. The number of carboxylic acid groups (broad SMARTS) is 1. The average molecular weight is 241 g/mol. The molecule has 90 valence electrons. The van der Waals surface area contributed by atoms with E-state index in [9.17, 15) is 9.59 Å². The van der Waals surface area contributed by atoms with Crippen molar-refractivity contribution >= 4 is 11.8 Å². The molecule has 4 nitrogen and oxygen atoms in total. The lowest BCUT2D eigenvalue weighted by molar-refractivity contribution is 0.0696. The molecule has 2 rings (SSSR count). The van der Waals surface area contributed by atoms with Crippen LogP contribution in [0.3, 0.4) is 0 Å². The quantitative estimate of drug-likeness (QED) is 0.833. The number of hydrogen-bond acceptors (Lipinski definition) is 3. The minimum absolute atomic E-state index is 0.0846. The normalized spacial score (nSPS) is 10.0. The van der Waals surface area contributed by atoms with E-state index in [1.165, 1.54) is 12.1 Å². The minimum Gasteiger partial charge on any atom is -0.478 e. The second kappa shape index (κ2) is 5.23. The van der Waals surface area contributed by atoms with Crippen molar-refractivity contribution < 1.29 is 14.7 Å². The third kappa shape index (κ3) is 2.79. The van der Waals surface area contributed by atoms with Gasteiger partial charge in [0.15, 0.2) is 5.78 Å². The highest BCUT2D eigenvalue weighted by molar-refractivity contribution is 5.95. The molecule has 0 unspecified atom stereocenters. The zero-order valence-corrected chi connectivity index (χ0v) is 9.54. The van der Waals surface area contributed by atoms with Gasteiger partial charge in [-0.25, -0.2) is 4.79 Å². The van der Waals surface area contributed by atoms with Crippen LogP contribution in [0.4, 0.5) is 0 Å². The van der Waals surface area contributed by atoms with Gasteiger partial charge in [0.05, 0.1) is 5.56 Å². The summed E-state index contributed by atoms with van der Waals surface area (Å²) in [6.07, 6.45) is 1.79. The molecule has 0 saturated carbocycles. The maximum Gasteiger partial charge on any atom is 0.335 e. The predicted octanol–water partition coefficient (Wildman–Crippen LogP) is 2.21. The Morgan fingerprint density at radius 2 is 1.78 bits per heavy atom. The second-order valence-electron chi connectivity index (χ2n) is 3.82. The fourth-order valence-corrected chi connectivity index (χ4v) is 1.57. The van der Waals surface area contributed by atoms with Crippen molar-refractivity contribution in [3.8, 4) is 0 Å². The molecular formula is C14H11NO3. The Hall–Kier alpha value is -2.49. The number of carboxylic acids is 1. The number of benzene rings is 1. The Bertz CT molecular complexity index is 561. The topological polar surface area (TPSA) is 67.3 Å². The number of nitrogens with zero attached hydrogens (tertiary/aromatic N) is 1. The van der Waals surface area contributed by atoms with Crippen molar-refractivity contribution in [3.05, 3.63) is 65.5 Å². The number of ketones is 1. The molecule has 0 bridgehead atoms. The summed E-state index contributed by atoms with van der Waals surface area (Å²) in [6.45, 7) is 0. The van der Waals surface area contributed by atoms with E-state index in [2.05, 4.69) is 4.98 Å². The van der Waals surface area contributed by atoms with E-state index < -0.39 is 5.97 Å². The van der Waals surface area contributed by atoms with Crippen LogP contribution in [0.25, 0.3) is 0 Å². The summed E-state index contributed by atoms with van der Waals surface area (Å²) in [5.41, 5.74) is 1.40. The molecule has 0 radical (unpaired) electrons. The summed E-state index contributed by atoms with van der Waals surface area (Å²) in [5.74, 6) is -1.06. The second-order valence-corrected chi connectivity index (χ2v) is 3.82. The van der Waals surface area contributed by atoms with Gasteiger partial charge in [0.1, 0.15) is 5.69 Å². The lowest BCUT2D eigenvalue weighted by atomic mass is 10.0. The lowest BCUT2D eigenvalue weighted by Gasteiger charge is -2.01. The number of aromatic carboxylic acids is 1. The molecule has 4 heteroatoms. The van der Waals surface area contributed by atoms with Crippen LogP contribution in [0.5, 0.6) is 0 Å². The number of pyridine rings is 1. The Balaban J connectivity index is 2.10. The Morgan fingerprint density at radius 3 is 2.33 bits per heavy atom. The number of Topliss-reactive ketones (excluding diaryl/α,β-unsaturated/α-hetero) is 1. The number of hydrogen-bond donors (Lipinski definition) is 1. The van der Waals surface area contributed by atoms with E-state index in [4.69, 9.17) is 5.11 Å². The van der Waals surface area contributed by atoms with Gasteiger partial charge in [-0.05, 0) is 29.8 Å². The van der Waals surface area contributed by atoms with Gasteiger partial charge in [-0.15, -0.1) is 0 Å². The molecule has 1 aromatic heterocycles. The first-order chi connectivity index (χ1) is 8.66. The monoisotopic (exact) mass is 241 g/mol. The maximum atomic E-state index is 11.9. The van der Waals surface area contributed by atoms with Crippen LogP contribution in [0.15, 0.2) is 48.7 Å². The highest BCUT2D eigenvalue weighted by Crippen LogP contribution is 2.08. The number of carbonyl (C=O) groups is 2. The van der Waals surface area contributed by atoms with Crippen LogP contribution in [0, 0.1) is 0 Å². The maximum absolute atomic E-state index is 11.9. The smallest absolute Gasteiger partial charge is 0.335 e. The molecule has 0 spiro atoms. The highest BCUT2D eigenvalue weighted by atomic mass is 16.4. The standard InChI is InChI=1S/C14H11NO3/c16-13(12-3-1-2-8-15-12)9-10-4-6-11(7-5-10)14(17)18/h1-8H,9H2,(H,17,18). The van der Waals surface area contributed by atoms with Gasteiger partial charge < -0.3 is 5.11 Å². The van der Waals surface area contributed by atoms with Gasteiger partial charge in [-0.2, -0.15) is 0 Å². The van der Waals surface area contributed by atoms with Crippen molar-refractivity contribution in [2.75, 3.05) is 0 Å². The van der Waals surface area contributed by atoms with Crippen molar-refractivity contribution in [1.82, 2.24) is 4.98 Å². The van der Waals surface area contributed by atoms with Gasteiger partial charge in [-0.3, -0.25) is 9.78 Å². The molecule has 18 heavy (non-hydrogen) atoms.